The van der Waals surface area contributed by atoms with Crippen LogP contribution in [0.4, 0.5) is 5.69 Å². The molecule has 2 amide bonds. The van der Waals surface area contributed by atoms with E-state index in [0.29, 0.717) is 25.3 Å². The molecule has 0 aliphatic carbocycles. The first kappa shape index (κ1) is 22.6. The fraction of sp³-hybridized carbons (Fsp3) is 0.259. The molecule has 2 atom stereocenters. The van der Waals surface area contributed by atoms with Crippen molar-refractivity contribution in [1.82, 2.24) is 15.2 Å². The maximum Gasteiger partial charge on any atom is 0.259 e. The average Bonchev–Trinajstić information content (AvgIpc) is 3.36. The van der Waals surface area contributed by atoms with E-state index in [1.807, 2.05) is 60.7 Å². The van der Waals surface area contributed by atoms with Crippen molar-refractivity contribution < 1.29 is 14.3 Å². The zero-order valence-electron chi connectivity index (χ0n) is 19.7. The Balaban J connectivity index is 1.35. The molecule has 2 fully saturated rings. The zero-order valence-corrected chi connectivity index (χ0v) is 19.7. The second-order valence-corrected chi connectivity index (χ2v) is 9.12. The number of hydrogen-bond donors (Lipinski definition) is 2. The van der Waals surface area contributed by atoms with Crippen LogP contribution in [0, 0.1) is 11.3 Å². The van der Waals surface area contributed by atoms with E-state index in [-0.39, 0.29) is 23.7 Å². The van der Waals surface area contributed by atoms with Crippen molar-refractivity contribution in [2.45, 2.75) is 18.9 Å². The SMILES string of the molecule is COc1cncc(-c2cccc(C3(C)NC(=N)N(CC4CC(=O)N(c5ccccc5)C4)C3=O)c2)c1. The Morgan fingerprint density at radius 1 is 1.09 bits per heavy atom. The zero-order chi connectivity index (χ0) is 24.6. The van der Waals surface area contributed by atoms with E-state index in [2.05, 4.69) is 10.3 Å². The lowest BCUT2D eigenvalue weighted by molar-refractivity contribution is -0.131. The van der Waals surface area contributed by atoms with Crippen LogP contribution in [0.25, 0.3) is 11.1 Å². The number of pyridine rings is 1. The minimum absolute atomic E-state index is 0.0368. The van der Waals surface area contributed by atoms with Gasteiger partial charge in [-0.3, -0.25) is 24.9 Å². The molecule has 8 heteroatoms. The Morgan fingerprint density at radius 2 is 1.89 bits per heavy atom. The molecule has 0 saturated carbocycles. The van der Waals surface area contributed by atoms with E-state index in [1.165, 1.54) is 4.90 Å². The van der Waals surface area contributed by atoms with Crippen molar-refractivity contribution in [2.24, 2.45) is 5.92 Å². The topological polar surface area (TPSA) is 98.6 Å². The Morgan fingerprint density at radius 3 is 2.66 bits per heavy atom. The molecule has 178 valence electrons. The number of ether oxygens (including phenoxy) is 1. The van der Waals surface area contributed by atoms with Gasteiger partial charge in [-0.15, -0.1) is 0 Å². The van der Waals surface area contributed by atoms with E-state index in [0.717, 1.165) is 22.4 Å². The van der Waals surface area contributed by atoms with Gasteiger partial charge in [0.1, 0.15) is 11.3 Å². The molecule has 35 heavy (non-hydrogen) atoms. The van der Waals surface area contributed by atoms with Gasteiger partial charge in [0.05, 0.1) is 13.3 Å². The maximum absolute atomic E-state index is 13.6. The Bertz CT molecular complexity index is 1290. The smallest absolute Gasteiger partial charge is 0.259 e. The molecule has 3 heterocycles. The summed E-state index contributed by atoms with van der Waals surface area (Å²) in [6.07, 6.45) is 3.74. The lowest BCUT2D eigenvalue weighted by Gasteiger charge is -2.24. The Labute approximate surface area is 204 Å². The van der Waals surface area contributed by atoms with Crippen LogP contribution >= 0.6 is 0 Å². The predicted octanol–water partition coefficient (Wildman–Crippen LogP) is 3.39. The van der Waals surface area contributed by atoms with E-state index in [9.17, 15) is 9.59 Å². The largest absolute Gasteiger partial charge is 0.495 e. The minimum Gasteiger partial charge on any atom is -0.495 e. The molecular weight excluding hydrogens is 442 g/mol. The molecule has 2 aliphatic rings. The van der Waals surface area contributed by atoms with Crippen molar-refractivity contribution in [3.63, 3.8) is 0 Å². The summed E-state index contributed by atoms with van der Waals surface area (Å²) in [6.45, 7) is 2.63. The van der Waals surface area contributed by atoms with Crippen LogP contribution in [0.3, 0.4) is 0 Å². The molecule has 2 aromatic carbocycles. The van der Waals surface area contributed by atoms with Crippen molar-refractivity contribution in [3.05, 3.63) is 78.6 Å². The summed E-state index contributed by atoms with van der Waals surface area (Å²) in [5.74, 6) is 0.489. The van der Waals surface area contributed by atoms with Gasteiger partial charge in [0.15, 0.2) is 5.96 Å². The molecule has 2 saturated heterocycles. The quantitative estimate of drug-likeness (QED) is 0.577. The van der Waals surface area contributed by atoms with Gasteiger partial charge >= 0.3 is 0 Å². The number of nitrogens with zero attached hydrogens (tertiary/aromatic N) is 3. The number of nitrogens with one attached hydrogen (secondary N) is 2. The number of carbonyl (C=O) groups is 2. The highest BCUT2D eigenvalue weighted by Gasteiger charge is 2.48. The molecule has 2 aliphatic heterocycles. The number of guanidine groups is 1. The summed E-state index contributed by atoms with van der Waals surface area (Å²) in [4.78, 5) is 33.7. The van der Waals surface area contributed by atoms with Gasteiger partial charge < -0.3 is 15.0 Å². The lowest BCUT2D eigenvalue weighted by atomic mass is 9.89. The predicted molar refractivity (Wildman–Crippen MR) is 133 cm³/mol. The number of methoxy groups -OCH3 is 1. The summed E-state index contributed by atoms with van der Waals surface area (Å²) < 4.78 is 5.29. The van der Waals surface area contributed by atoms with E-state index in [1.54, 1.807) is 31.3 Å². The highest BCUT2D eigenvalue weighted by Crippen LogP contribution is 2.33. The molecule has 0 radical (unpaired) electrons. The Kier molecular flexibility index (Phi) is 5.72. The standard InChI is InChI=1S/C27H27N5O3/c1-27(21-8-6-7-19(12-21)20-13-23(35-2)15-29-14-20)25(34)32(26(28)30-27)17-18-11-24(33)31(16-18)22-9-4-3-5-10-22/h3-10,12-15,18H,11,16-17H2,1-2H3,(H2,28,30). The van der Waals surface area contributed by atoms with E-state index in [4.69, 9.17) is 10.1 Å². The first-order chi connectivity index (χ1) is 16.9. The van der Waals surface area contributed by atoms with Crippen LogP contribution in [0.1, 0.15) is 18.9 Å². The monoisotopic (exact) mass is 469 g/mol. The van der Waals surface area contributed by atoms with Gasteiger partial charge in [-0.05, 0) is 42.3 Å². The summed E-state index contributed by atoms with van der Waals surface area (Å²) in [5.41, 5.74) is 2.30. The van der Waals surface area contributed by atoms with Crippen molar-refractivity contribution >= 4 is 23.5 Å². The highest BCUT2D eigenvalue weighted by atomic mass is 16.5. The number of hydrogen-bond acceptors (Lipinski definition) is 5. The fourth-order valence-electron chi connectivity index (χ4n) is 4.82. The summed E-state index contributed by atoms with van der Waals surface area (Å²) in [7, 11) is 1.59. The molecule has 3 aromatic rings. The first-order valence-corrected chi connectivity index (χ1v) is 11.5. The van der Waals surface area contributed by atoms with Gasteiger partial charge in [-0.1, -0.05) is 36.4 Å². The third-order valence-corrected chi connectivity index (χ3v) is 6.75. The molecule has 2 N–H and O–H groups in total. The lowest BCUT2D eigenvalue weighted by Crippen LogP contribution is -2.41. The number of benzene rings is 2. The first-order valence-electron chi connectivity index (χ1n) is 11.5. The van der Waals surface area contributed by atoms with Crippen LogP contribution < -0.4 is 15.0 Å². The van der Waals surface area contributed by atoms with Gasteiger partial charge in [-0.2, -0.15) is 0 Å². The molecule has 1 aromatic heterocycles. The molecule has 2 unspecified atom stereocenters. The molecule has 0 spiro atoms. The number of anilines is 1. The second kappa shape index (κ2) is 8.87. The average molecular weight is 470 g/mol. The molecule has 8 nitrogen and oxygen atoms in total. The number of amides is 2. The molecule has 0 bridgehead atoms. The van der Waals surface area contributed by atoms with Crippen LogP contribution in [0.5, 0.6) is 5.75 Å². The number of aromatic nitrogens is 1. The van der Waals surface area contributed by atoms with E-state index >= 15 is 0 Å². The van der Waals surface area contributed by atoms with Gasteiger partial charge in [0, 0.05) is 42.9 Å². The number of para-hydroxylation sites is 1. The van der Waals surface area contributed by atoms with Gasteiger partial charge in [0.25, 0.3) is 5.91 Å². The number of rotatable bonds is 6. The summed E-state index contributed by atoms with van der Waals surface area (Å²) >= 11 is 0. The Hall–Kier alpha value is -4.20. The van der Waals surface area contributed by atoms with Crippen LogP contribution in [-0.4, -0.2) is 47.9 Å². The third kappa shape index (κ3) is 4.12. The second-order valence-electron chi connectivity index (χ2n) is 9.12. The van der Waals surface area contributed by atoms with Gasteiger partial charge in [-0.25, -0.2) is 0 Å². The molecular formula is C27H27N5O3. The normalized spacial score (nSPS) is 22.0. The fourth-order valence-corrected chi connectivity index (χ4v) is 4.82. The van der Waals surface area contributed by atoms with Crippen molar-refractivity contribution in [3.8, 4) is 16.9 Å². The van der Waals surface area contributed by atoms with Crippen LogP contribution in [0.2, 0.25) is 0 Å². The van der Waals surface area contributed by atoms with Crippen molar-refractivity contribution in [1.29, 1.82) is 5.41 Å². The molecule has 5 rings (SSSR count). The van der Waals surface area contributed by atoms with Crippen LogP contribution in [0.15, 0.2) is 73.1 Å². The highest BCUT2D eigenvalue weighted by molar-refractivity contribution is 6.08. The summed E-state index contributed by atoms with van der Waals surface area (Å²) in [6, 6.07) is 19.1. The van der Waals surface area contributed by atoms with Crippen LogP contribution in [-0.2, 0) is 15.1 Å². The van der Waals surface area contributed by atoms with Crippen molar-refractivity contribution in [2.75, 3.05) is 25.1 Å². The summed E-state index contributed by atoms with van der Waals surface area (Å²) in [5, 5.41) is 11.6. The van der Waals surface area contributed by atoms with E-state index < -0.39 is 5.54 Å². The third-order valence-electron chi connectivity index (χ3n) is 6.75. The number of carbonyl (C=O) groups excluding carboxylic acids is 2. The van der Waals surface area contributed by atoms with Gasteiger partial charge in [0.2, 0.25) is 5.91 Å². The maximum atomic E-state index is 13.6. The minimum atomic E-state index is -1.08.